The quantitative estimate of drug-likeness (QED) is 0.834. The van der Waals surface area contributed by atoms with Crippen LogP contribution in [0.2, 0.25) is 0 Å². The smallest absolute Gasteiger partial charge is 0.133 e. The van der Waals surface area contributed by atoms with Crippen LogP contribution < -0.4 is 0 Å². The molecule has 0 radical (unpaired) electrons. The molecule has 0 fully saturated rings. The third kappa shape index (κ3) is 1.53. The number of benzene rings is 1. The fraction of sp³-hybridized carbons (Fsp3) is 0.308. The first-order chi connectivity index (χ1) is 7.86. The van der Waals surface area contributed by atoms with Crippen molar-refractivity contribution in [3.63, 3.8) is 0 Å². The Morgan fingerprint density at radius 3 is 3.25 bits per heavy atom. The molecule has 3 heteroatoms. The second-order valence-corrected chi connectivity index (χ2v) is 4.13. The van der Waals surface area contributed by atoms with Gasteiger partial charge in [0, 0.05) is 7.11 Å². The fourth-order valence-electron chi connectivity index (χ4n) is 2.20. The molecule has 1 aliphatic rings. The Morgan fingerprint density at radius 2 is 2.38 bits per heavy atom. The average molecular weight is 214 g/mol. The number of methoxy groups -OCH3 is 1. The number of aromatic nitrogens is 2. The predicted octanol–water partition coefficient (Wildman–Crippen LogP) is 2.67. The molecule has 0 saturated heterocycles. The SMILES string of the molecule is COCc1nc2cc3c(cc2[nH]1)CCC=C3. The Balaban J connectivity index is 2.13. The monoisotopic (exact) mass is 214 g/mol. The third-order valence-corrected chi connectivity index (χ3v) is 2.95. The molecule has 0 aliphatic heterocycles. The average Bonchev–Trinajstić information content (AvgIpc) is 2.67. The van der Waals surface area contributed by atoms with Crippen LogP contribution in [0.5, 0.6) is 0 Å². The summed E-state index contributed by atoms with van der Waals surface area (Å²) in [5, 5.41) is 0. The van der Waals surface area contributed by atoms with Crippen molar-refractivity contribution in [1.29, 1.82) is 0 Å². The predicted molar refractivity (Wildman–Crippen MR) is 64.2 cm³/mol. The van der Waals surface area contributed by atoms with Crippen molar-refractivity contribution in [2.45, 2.75) is 19.4 Å². The third-order valence-electron chi connectivity index (χ3n) is 2.95. The first-order valence-electron chi connectivity index (χ1n) is 5.54. The summed E-state index contributed by atoms with van der Waals surface area (Å²) in [6.45, 7) is 0.537. The van der Waals surface area contributed by atoms with Crippen molar-refractivity contribution in [3.8, 4) is 0 Å². The van der Waals surface area contributed by atoms with E-state index in [4.69, 9.17) is 4.74 Å². The first-order valence-corrected chi connectivity index (χ1v) is 5.54. The van der Waals surface area contributed by atoms with Gasteiger partial charge >= 0.3 is 0 Å². The van der Waals surface area contributed by atoms with Gasteiger partial charge in [-0.25, -0.2) is 4.98 Å². The van der Waals surface area contributed by atoms with Gasteiger partial charge in [-0.3, -0.25) is 0 Å². The standard InChI is InChI=1S/C13H14N2O/c1-16-8-13-14-11-6-9-4-2-3-5-10(9)7-12(11)15-13/h2,4,6-7H,3,5,8H2,1H3,(H,14,15). The summed E-state index contributed by atoms with van der Waals surface area (Å²) in [4.78, 5) is 7.78. The van der Waals surface area contributed by atoms with E-state index >= 15 is 0 Å². The number of rotatable bonds is 2. The minimum absolute atomic E-state index is 0.537. The van der Waals surface area contributed by atoms with Gasteiger partial charge < -0.3 is 9.72 Å². The van der Waals surface area contributed by atoms with Gasteiger partial charge in [0.2, 0.25) is 0 Å². The van der Waals surface area contributed by atoms with E-state index in [1.165, 1.54) is 11.1 Å². The molecule has 0 atom stereocenters. The molecule has 1 heterocycles. The second-order valence-electron chi connectivity index (χ2n) is 4.13. The van der Waals surface area contributed by atoms with Gasteiger partial charge in [-0.05, 0) is 36.1 Å². The zero-order valence-corrected chi connectivity index (χ0v) is 9.29. The minimum atomic E-state index is 0.537. The molecule has 3 nitrogen and oxygen atoms in total. The number of nitrogens with zero attached hydrogens (tertiary/aromatic N) is 1. The lowest BCUT2D eigenvalue weighted by molar-refractivity contribution is 0.179. The maximum Gasteiger partial charge on any atom is 0.133 e. The van der Waals surface area contributed by atoms with Crippen molar-refractivity contribution < 1.29 is 4.74 Å². The number of aryl methyl sites for hydroxylation is 1. The van der Waals surface area contributed by atoms with Gasteiger partial charge in [-0.2, -0.15) is 0 Å². The topological polar surface area (TPSA) is 37.9 Å². The molecular formula is C13H14N2O. The summed E-state index contributed by atoms with van der Waals surface area (Å²) in [5.41, 5.74) is 4.84. The van der Waals surface area contributed by atoms with Crippen LogP contribution in [0.15, 0.2) is 18.2 Å². The van der Waals surface area contributed by atoms with E-state index in [9.17, 15) is 0 Å². The van der Waals surface area contributed by atoms with Crippen LogP contribution in [0.3, 0.4) is 0 Å². The lowest BCUT2D eigenvalue weighted by atomic mass is 9.97. The van der Waals surface area contributed by atoms with Gasteiger partial charge in [0.05, 0.1) is 11.0 Å². The molecule has 2 aromatic rings. The molecular weight excluding hydrogens is 200 g/mol. The van der Waals surface area contributed by atoms with Crippen molar-refractivity contribution in [1.82, 2.24) is 9.97 Å². The number of imidazole rings is 1. The number of aromatic amines is 1. The molecule has 3 rings (SSSR count). The van der Waals surface area contributed by atoms with Crippen molar-refractivity contribution in [2.24, 2.45) is 0 Å². The highest BCUT2D eigenvalue weighted by Gasteiger charge is 2.09. The van der Waals surface area contributed by atoms with Crippen molar-refractivity contribution in [3.05, 3.63) is 35.2 Å². The lowest BCUT2D eigenvalue weighted by Crippen LogP contribution is -1.93. The Morgan fingerprint density at radius 1 is 1.44 bits per heavy atom. The van der Waals surface area contributed by atoms with Crippen LogP contribution in [-0.2, 0) is 17.8 Å². The maximum atomic E-state index is 5.08. The Bertz CT molecular complexity index is 554. The summed E-state index contributed by atoms with van der Waals surface area (Å²) < 4.78 is 5.08. The van der Waals surface area contributed by atoms with Crippen LogP contribution in [0.1, 0.15) is 23.4 Å². The fourth-order valence-corrected chi connectivity index (χ4v) is 2.20. The normalized spacial score (nSPS) is 14.3. The summed E-state index contributed by atoms with van der Waals surface area (Å²) in [5.74, 6) is 0.892. The highest BCUT2D eigenvalue weighted by molar-refractivity contribution is 5.80. The van der Waals surface area contributed by atoms with E-state index in [0.717, 1.165) is 29.7 Å². The van der Waals surface area contributed by atoms with Gasteiger partial charge in [0.25, 0.3) is 0 Å². The highest BCUT2D eigenvalue weighted by Crippen LogP contribution is 2.24. The van der Waals surface area contributed by atoms with Gasteiger partial charge in [0.15, 0.2) is 0 Å². The van der Waals surface area contributed by atoms with Gasteiger partial charge in [-0.1, -0.05) is 12.2 Å². The zero-order chi connectivity index (χ0) is 11.0. The van der Waals surface area contributed by atoms with Crippen LogP contribution in [0.25, 0.3) is 17.1 Å². The number of fused-ring (bicyclic) bond motifs is 2. The zero-order valence-electron chi connectivity index (χ0n) is 9.29. The minimum Gasteiger partial charge on any atom is -0.377 e. The van der Waals surface area contributed by atoms with Gasteiger partial charge in [0.1, 0.15) is 12.4 Å². The van der Waals surface area contributed by atoms with Crippen molar-refractivity contribution >= 4 is 17.1 Å². The van der Waals surface area contributed by atoms with E-state index in [1.807, 2.05) is 0 Å². The molecule has 0 saturated carbocycles. The molecule has 16 heavy (non-hydrogen) atoms. The largest absolute Gasteiger partial charge is 0.377 e. The number of hydrogen-bond acceptors (Lipinski definition) is 2. The summed E-state index contributed by atoms with van der Waals surface area (Å²) in [6.07, 6.45) is 6.66. The molecule has 0 bridgehead atoms. The molecule has 1 aliphatic carbocycles. The van der Waals surface area contributed by atoms with Crippen LogP contribution in [0, 0.1) is 0 Å². The summed E-state index contributed by atoms with van der Waals surface area (Å²) in [6, 6.07) is 4.36. The lowest BCUT2D eigenvalue weighted by Gasteiger charge is -2.09. The molecule has 1 aromatic carbocycles. The van der Waals surface area contributed by atoms with E-state index in [-0.39, 0.29) is 0 Å². The number of ether oxygens (including phenoxy) is 1. The molecule has 82 valence electrons. The van der Waals surface area contributed by atoms with Crippen molar-refractivity contribution in [2.75, 3.05) is 7.11 Å². The number of hydrogen-bond donors (Lipinski definition) is 1. The van der Waals surface area contributed by atoms with E-state index in [1.54, 1.807) is 7.11 Å². The number of H-pyrrole nitrogens is 1. The Kier molecular flexibility index (Phi) is 2.26. The Labute approximate surface area is 94.1 Å². The van der Waals surface area contributed by atoms with E-state index < -0.39 is 0 Å². The highest BCUT2D eigenvalue weighted by atomic mass is 16.5. The van der Waals surface area contributed by atoms with Crippen LogP contribution in [-0.4, -0.2) is 17.1 Å². The van der Waals surface area contributed by atoms with Gasteiger partial charge in [-0.15, -0.1) is 0 Å². The first kappa shape index (κ1) is 9.60. The Hall–Kier alpha value is -1.61. The maximum absolute atomic E-state index is 5.08. The van der Waals surface area contributed by atoms with Crippen LogP contribution >= 0.6 is 0 Å². The molecule has 0 amide bonds. The second kappa shape index (κ2) is 3.76. The van der Waals surface area contributed by atoms with E-state index in [2.05, 4.69) is 34.3 Å². The number of allylic oxidation sites excluding steroid dienone is 1. The number of nitrogens with one attached hydrogen (secondary N) is 1. The van der Waals surface area contributed by atoms with Crippen LogP contribution in [0.4, 0.5) is 0 Å². The molecule has 1 aromatic heterocycles. The summed E-state index contributed by atoms with van der Waals surface area (Å²) in [7, 11) is 1.68. The molecule has 0 spiro atoms. The molecule has 1 N–H and O–H groups in total. The van der Waals surface area contributed by atoms with E-state index in [0.29, 0.717) is 6.61 Å². The summed E-state index contributed by atoms with van der Waals surface area (Å²) >= 11 is 0. The molecule has 0 unspecified atom stereocenters.